The van der Waals surface area contributed by atoms with E-state index in [0.29, 0.717) is 16.7 Å². The molecule has 1 fully saturated rings. The molecule has 0 atom stereocenters. The van der Waals surface area contributed by atoms with Crippen LogP contribution in [0.5, 0.6) is 5.75 Å². The van der Waals surface area contributed by atoms with Gasteiger partial charge in [-0.3, -0.25) is 4.79 Å². The summed E-state index contributed by atoms with van der Waals surface area (Å²) in [6, 6.07) is 7.69. The van der Waals surface area contributed by atoms with E-state index in [1.54, 1.807) is 18.2 Å². The molecule has 0 unspecified atom stereocenters. The zero-order valence-corrected chi connectivity index (χ0v) is 16.5. The van der Waals surface area contributed by atoms with Gasteiger partial charge in [-0.2, -0.15) is 4.31 Å². The average Bonchev–Trinajstić information content (AvgIpc) is 2.69. The van der Waals surface area contributed by atoms with Gasteiger partial charge in [0.25, 0.3) is 5.91 Å². The van der Waals surface area contributed by atoms with Gasteiger partial charge in [-0.1, -0.05) is 0 Å². The van der Waals surface area contributed by atoms with Gasteiger partial charge in [-0.15, -0.1) is 0 Å². The van der Waals surface area contributed by atoms with E-state index < -0.39 is 40.7 Å². The summed E-state index contributed by atoms with van der Waals surface area (Å²) in [7, 11) is -3.28. The first-order chi connectivity index (χ1) is 13.7. The fourth-order valence-electron chi connectivity index (χ4n) is 2.82. The molecule has 1 aliphatic rings. The number of rotatable bonds is 6. The summed E-state index contributed by atoms with van der Waals surface area (Å²) in [4.78, 5) is 36.6. The van der Waals surface area contributed by atoms with E-state index in [-0.39, 0.29) is 26.2 Å². The van der Waals surface area contributed by atoms with Crippen LogP contribution in [0.3, 0.4) is 0 Å². The molecule has 0 radical (unpaired) electrons. The van der Waals surface area contributed by atoms with Crippen molar-refractivity contribution in [3.05, 3.63) is 40.8 Å². The number of hydrogen-bond donors (Lipinski definition) is 0. The maximum Gasteiger partial charge on any atom is 0.344 e. The van der Waals surface area contributed by atoms with Crippen LogP contribution in [0, 0.1) is 0 Å². The van der Waals surface area contributed by atoms with Gasteiger partial charge in [0.2, 0.25) is 10.0 Å². The number of fused-ring (bicyclic) bond motifs is 1. The molecule has 2 aromatic rings. The molecule has 29 heavy (non-hydrogen) atoms. The molecule has 0 N–H and O–H groups in total. The Hall–Kier alpha value is -2.92. The summed E-state index contributed by atoms with van der Waals surface area (Å²) >= 11 is 0. The summed E-state index contributed by atoms with van der Waals surface area (Å²) in [6.07, 6.45) is 1.12. The lowest BCUT2D eigenvalue weighted by Gasteiger charge is -2.33. The van der Waals surface area contributed by atoms with Crippen LogP contribution in [0.2, 0.25) is 0 Å². The molecule has 1 aliphatic heterocycles. The molecule has 1 aromatic heterocycles. The molecule has 1 saturated heterocycles. The van der Waals surface area contributed by atoms with Crippen LogP contribution in [0.1, 0.15) is 0 Å². The summed E-state index contributed by atoms with van der Waals surface area (Å²) in [5.74, 6) is -0.825. The van der Waals surface area contributed by atoms with Crippen LogP contribution in [0.15, 0.2) is 39.5 Å². The Labute approximate surface area is 166 Å². The zero-order chi connectivity index (χ0) is 21.0. The van der Waals surface area contributed by atoms with E-state index >= 15 is 0 Å². The van der Waals surface area contributed by atoms with E-state index in [1.807, 2.05) is 0 Å². The molecule has 2 heterocycles. The van der Waals surface area contributed by atoms with Crippen molar-refractivity contribution < 1.29 is 31.9 Å². The topological polar surface area (TPSA) is 123 Å². The predicted octanol–water partition coefficient (Wildman–Crippen LogP) is -0.181. The number of ether oxygens (including phenoxy) is 2. The van der Waals surface area contributed by atoms with Crippen molar-refractivity contribution in [3.8, 4) is 5.75 Å². The van der Waals surface area contributed by atoms with Crippen molar-refractivity contribution in [2.75, 3.05) is 45.6 Å². The highest BCUT2D eigenvalue weighted by Gasteiger charge is 2.26. The second-order valence-electron chi connectivity index (χ2n) is 6.45. The quantitative estimate of drug-likeness (QED) is 0.462. The second kappa shape index (κ2) is 8.62. The van der Waals surface area contributed by atoms with Crippen molar-refractivity contribution in [2.24, 2.45) is 0 Å². The fraction of sp³-hybridized carbons (Fsp3) is 0.389. The molecule has 1 aromatic carbocycles. The molecule has 1 amide bonds. The van der Waals surface area contributed by atoms with Crippen LogP contribution in [-0.4, -0.2) is 75.1 Å². The van der Waals surface area contributed by atoms with Gasteiger partial charge in [0.05, 0.1) is 6.26 Å². The number of piperazine rings is 1. The molecule has 0 saturated carbocycles. The van der Waals surface area contributed by atoms with Crippen LogP contribution in [0.25, 0.3) is 11.0 Å². The van der Waals surface area contributed by atoms with E-state index in [0.717, 1.165) is 6.26 Å². The number of benzene rings is 1. The molecule has 0 bridgehead atoms. The van der Waals surface area contributed by atoms with Crippen LogP contribution < -0.4 is 10.4 Å². The highest BCUT2D eigenvalue weighted by atomic mass is 32.2. The standard InChI is InChI=1S/C18H20N2O8S/c1-29(24,25)20-8-6-19(7-9-20)16(21)11-27-18(23)12-26-14-4-2-13-3-5-17(22)28-15(13)10-14/h2-5,10H,6-9,11-12H2,1H3. The fourth-order valence-corrected chi connectivity index (χ4v) is 3.64. The van der Waals surface area contributed by atoms with Crippen molar-refractivity contribution in [1.82, 2.24) is 9.21 Å². The summed E-state index contributed by atoms with van der Waals surface area (Å²) < 4.78 is 39.5. The lowest BCUT2D eigenvalue weighted by molar-refractivity contribution is -0.154. The first-order valence-corrected chi connectivity index (χ1v) is 10.6. The highest BCUT2D eigenvalue weighted by Crippen LogP contribution is 2.19. The molecule has 3 rings (SSSR count). The maximum absolute atomic E-state index is 12.1. The van der Waals surface area contributed by atoms with Gasteiger partial charge in [0, 0.05) is 43.7 Å². The Morgan fingerprint density at radius 1 is 1.07 bits per heavy atom. The predicted molar refractivity (Wildman–Crippen MR) is 102 cm³/mol. The van der Waals surface area contributed by atoms with Gasteiger partial charge < -0.3 is 18.8 Å². The number of nitrogens with zero attached hydrogens (tertiary/aromatic N) is 2. The first-order valence-electron chi connectivity index (χ1n) is 8.77. The number of carbonyl (C=O) groups is 2. The van der Waals surface area contributed by atoms with Crippen molar-refractivity contribution in [2.45, 2.75) is 0 Å². The third-order valence-corrected chi connectivity index (χ3v) is 5.67. The monoisotopic (exact) mass is 424 g/mol. The normalized spacial score (nSPS) is 15.3. The molecule has 11 heteroatoms. The molecule has 156 valence electrons. The Balaban J connectivity index is 1.44. The minimum Gasteiger partial charge on any atom is -0.482 e. The summed E-state index contributed by atoms with van der Waals surface area (Å²) in [6.45, 7) is 0.0231. The Kier molecular flexibility index (Phi) is 6.18. The summed E-state index contributed by atoms with van der Waals surface area (Å²) in [5.41, 5.74) is -0.170. The van der Waals surface area contributed by atoms with Crippen molar-refractivity contribution in [1.29, 1.82) is 0 Å². The molecule has 0 spiro atoms. The van der Waals surface area contributed by atoms with E-state index in [4.69, 9.17) is 13.9 Å². The number of amides is 1. The highest BCUT2D eigenvalue weighted by molar-refractivity contribution is 7.88. The van der Waals surface area contributed by atoms with E-state index in [9.17, 15) is 22.8 Å². The van der Waals surface area contributed by atoms with E-state index in [1.165, 1.54) is 21.3 Å². The zero-order valence-electron chi connectivity index (χ0n) is 15.7. The molecular weight excluding hydrogens is 404 g/mol. The first kappa shape index (κ1) is 20.8. The van der Waals surface area contributed by atoms with Gasteiger partial charge in [-0.25, -0.2) is 18.0 Å². The third-order valence-electron chi connectivity index (χ3n) is 4.37. The SMILES string of the molecule is CS(=O)(=O)N1CCN(C(=O)COC(=O)COc2ccc3ccc(=O)oc3c2)CC1. The summed E-state index contributed by atoms with van der Waals surface area (Å²) in [5, 5.41) is 0.709. The van der Waals surface area contributed by atoms with Crippen LogP contribution in [0.4, 0.5) is 0 Å². The number of sulfonamides is 1. The van der Waals surface area contributed by atoms with Crippen LogP contribution >= 0.6 is 0 Å². The van der Waals surface area contributed by atoms with E-state index in [2.05, 4.69) is 0 Å². The Bertz CT molecular complexity index is 1070. The minimum atomic E-state index is -3.28. The van der Waals surface area contributed by atoms with Gasteiger partial charge >= 0.3 is 11.6 Å². The maximum atomic E-state index is 12.1. The minimum absolute atomic E-state index is 0.208. The van der Waals surface area contributed by atoms with Gasteiger partial charge in [0.15, 0.2) is 13.2 Å². The van der Waals surface area contributed by atoms with Gasteiger partial charge in [0.1, 0.15) is 11.3 Å². The Morgan fingerprint density at radius 2 is 1.76 bits per heavy atom. The van der Waals surface area contributed by atoms with Gasteiger partial charge in [-0.05, 0) is 18.2 Å². The number of esters is 1. The average molecular weight is 424 g/mol. The number of hydrogen-bond acceptors (Lipinski definition) is 8. The molecule has 10 nitrogen and oxygen atoms in total. The van der Waals surface area contributed by atoms with Crippen molar-refractivity contribution >= 4 is 32.9 Å². The third kappa shape index (κ3) is 5.55. The lowest BCUT2D eigenvalue weighted by Crippen LogP contribution is -2.51. The second-order valence-corrected chi connectivity index (χ2v) is 8.43. The molecular formula is C18H20N2O8S. The van der Waals surface area contributed by atoms with Crippen molar-refractivity contribution in [3.63, 3.8) is 0 Å². The Morgan fingerprint density at radius 3 is 2.45 bits per heavy atom. The molecule has 0 aliphatic carbocycles. The lowest BCUT2D eigenvalue weighted by atomic mass is 10.2. The van der Waals surface area contributed by atoms with Crippen LogP contribution in [-0.2, 0) is 24.3 Å². The number of carbonyl (C=O) groups excluding carboxylic acids is 2. The smallest absolute Gasteiger partial charge is 0.344 e. The largest absolute Gasteiger partial charge is 0.482 e.